The van der Waals surface area contributed by atoms with Crippen molar-refractivity contribution in [3.8, 4) is 0 Å². The van der Waals surface area contributed by atoms with Crippen molar-refractivity contribution in [2.75, 3.05) is 27.7 Å². The van der Waals surface area contributed by atoms with Crippen LogP contribution in [-0.2, 0) is 19.1 Å². The Labute approximate surface area is 130 Å². The van der Waals surface area contributed by atoms with Crippen LogP contribution in [0.5, 0.6) is 0 Å². The molecule has 2 atom stereocenters. The molecule has 8 nitrogen and oxygen atoms in total. The number of aliphatic hydroxyl groups excluding tert-OH is 1. The molecule has 0 aromatic rings. The number of carbonyl (C=O) groups excluding carboxylic acids is 3. The summed E-state index contributed by atoms with van der Waals surface area (Å²) in [6.45, 7) is 4.97. The maximum absolute atomic E-state index is 12.4. The Bertz CT molecular complexity index is 470. The molecule has 0 spiro atoms. The van der Waals surface area contributed by atoms with Gasteiger partial charge in [0.2, 0.25) is 0 Å². The Morgan fingerprint density at radius 2 is 1.95 bits per heavy atom. The molecule has 1 heterocycles. The molecule has 0 aromatic carbocycles. The predicted molar refractivity (Wildman–Crippen MR) is 77.0 cm³/mol. The van der Waals surface area contributed by atoms with Gasteiger partial charge in [-0.1, -0.05) is 0 Å². The van der Waals surface area contributed by atoms with Crippen LogP contribution in [0.25, 0.3) is 0 Å². The molecule has 1 aliphatic heterocycles. The number of hydrogen-bond donors (Lipinski definition) is 1. The lowest BCUT2D eigenvalue weighted by molar-refractivity contribution is -0.157. The van der Waals surface area contributed by atoms with Crippen LogP contribution in [-0.4, -0.2) is 77.9 Å². The van der Waals surface area contributed by atoms with Gasteiger partial charge in [-0.3, -0.25) is 4.79 Å². The summed E-state index contributed by atoms with van der Waals surface area (Å²) in [5, 5.41) is 9.88. The first kappa shape index (κ1) is 18.4. The minimum atomic E-state index is -1.60. The zero-order valence-electron chi connectivity index (χ0n) is 13.9. The fourth-order valence-electron chi connectivity index (χ4n) is 2.52. The molecule has 1 fully saturated rings. The molecule has 0 saturated carbocycles. The Morgan fingerprint density at radius 3 is 2.36 bits per heavy atom. The quantitative estimate of drug-likeness (QED) is 0.731. The van der Waals surface area contributed by atoms with Gasteiger partial charge in [0.25, 0.3) is 5.91 Å². The smallest absolute Gasteiger partial charge is 0.418 e. The van der Waals surface area contributed by atoms with Crippen LogP contribution in [0.2, 0.25) is 0 Å². The van der Waals surface area contributed by atoms with E-state index < -0.39 is 35.2 Å². The highest BCUT2D eigenvalue weighted by Gasteiger charge is 2.60. The van der Waals surface area contributed by atoms with E-state index in [1.807, 2.05) is 0 Å². The van der Waals surface area contributed by atoms with Gasteiger partial charge >= 0.3 is 12.1 Å². The number of hydrogen-bond acceptors (Lipinski definition) is 7. The van der Waals surface area contributed by atoms with Crippen LogP contribution in [0.3, 0.4) is 0 Å². The van der Waals surface area contributed by atoms with Gasteiger partial charge in [0.05, 0.1) is 7.11 Å². The van der Waals surface area contributed by atoms with E-state index >= 15 is 0 Å². The second kappa shape index (κ2) is 6.21. The molecule has 1 N–H and O–H groups in total. The molecular formula is C14H24N2O6. The van der Waals surface area contributed by atoms with Crippen molar-refractivity contribution >= 4 is 18.0 Å². The van der Waals surface area contributed by atoms with E-state index in [1.165, 1.54) is 7.11 Å². The summed E-state index contributed by atoms with van der Waals surface area (Å²) in [6.07, 6.45) is -2.65. The number of likely N-dealkylation sites (N-methyl/N-ethyl adjacent to an activating group) is 1. The number of carbonyl (C=O) groups is 3. The van der Waals surface area contributed by atoms with E-state index in [4.69, 9.17) is 9.47 Å². The highest BCUT2D eigenvalue weighted by atomic mass is 16.6. The zero-order chi connectivity index (χ0) is 17.3. The predicted octanol–water partition coefficient (Wildman–Crippen LogP) is -0.0119. The second-order valence-corrected chi connectivity index (χ2v) is 6.63. The molecular weight excluding hydrogens is 292 g/mol. The number of imide groups is 1. The van der Waals surface area contributed by atoms with Crippen molar-refractivity contribution in [2.45, 2.75) is 44.4 Å². The number of rotatable bonds is 3. The van der Waals surface area contributed by atoms with Crippen molar-refractivity contribution in [3.63, 3.8) is 0 Å². The summed E-state index contributed by atoms with van der Waals surface area (Å²) in [5.41, 5.74) is -2.44. The first-order valence-corrected chi connectivity index (χ1v) is 6.93. The summed E-state index contributed by atoms with van der Waals surface area (Å²) in [4.78, 5) is 39.2. The average molecular weight is 316 g/mol. The molecule has 0 aliphatic carbocycles. The lowest BCUT2D eigenvalue weighted by Crippen LogP contribution is -2.60. The van der Waals surface area contributed by atoms with Gasteiger partial charge < -0.3 is 19.5 Å². The van der Waals surface area contributed by atoms with Crippen LogP contribution in [0.4, 0.5) is 4.79 Å². The number of likely N-dealkylation sites (tertiary alicyclic amines) is 1. The summed E-state index contributed by atoms with van der Waals surface area (Å²) in [5.74, 6) is -1.63. The Morgan fingerprint density at radius 1 is 1.41 bits per heavy atom. The fraction of sp³-hybridized carbons (Fsp3) is 0.786. The van der Waals surface area contributed by atoms with Gasteiger partial charge in [-0.25, -0.2) is 14.5 Å². The topological polar surface area (TPSA) is 96.4 Å². The highest BCUT2D eigenvalue weighted by Crippen LogP contribution is 2.34. The molecule has 1 rings (SSSR count). The van der Waals surface area contributed by atoms with E-state index in [2.05, 4.69) is 0 Å². The number of aliphatic hydroxyl groups is 1. The standard InChI is InChI=1S/C14H24N2O6/c1-13(2,3)22-12(20)16-10(18)9(17)7-14(16,8-15(4)5)11(19)21-6/h9,17H,7-8H2,1-6H3/t9-,14+/m1/s1. The number of nitrogens with zero attached hydrogens (tertiary/aromatic N) is 2. The first-order valence-electron chi connectivity index (χ1n) is 6.93. The molecule has 0 aromatic heterocycles. The molecule has 0 bridgehead atoms. The maximum Gasteiger partial charge on any atom is 0.418 e. The van der Waals surface area contributed by atoms with Crippen molar-refractivity contribution in [1.82, 2.24) is 9.80 Å². The molecule has 1 saturated heterocycles. The van der Waals surface area contributed by atoms with E-state index in [-0.39, 0.29) is 13.0 Å². The van der Waals surface area contributed by atoms with Crippen LogP contribution >= 0.6 is 0 Å². The van der Waals surface area contributed by atoms with Crippen LogP contribution < -0.4 is 0 Å². The van der Waals surface area contributed by atoms with Gasteiger partial charge in [0, 0.05) is 13.0 Å². The summed E-state index contributed by atoms with van der Waals surface area (Å²) in [6, 6.07) is 0. The Kier molecular flexibility index (Phi) is 5.19. The van der Waals surface area contributed by atoms with Crippen LogP contribution in [0.1, 0.15) is 27.2 Å². The van der Waals surface area contributed by atoms with E-state index in [1.54, 1.807) is 39.8 Å². The third kappa shape index (κ3) is 3.56. The molecule has 126 valence electrons. The largest absolute Gasteiger partial charge is 0.467 e. The van der Waals surface area contributed by atoms with Gasteiger partial charge in [0.15, 0.2) is 5.54 Å². The molecule has 2 amide bonds. The first-order chi connectivity index (χ1) is 9.94. The maximum atomic E-state index is 12.4. The average Bonchev–Trinajstić information content (AvgIpc) is 2.58. The van der Waals surface area contributed by atoms with Crippen molar-refractivity contribution in [2.24, 2.45) is 0 Å². The van der Waals surface area contributed by atoms with E-state index in [0.717, 1.165) is 0 Å². The minimum Gasteiger partial charge on any atom is -0.467 e. The van der Waals surface area contributed by atoms with Crippen molar-refractivity contribution in [3.05, 3.63) is 0 Å². The van der Waals surface area contributed by atoms with Crippen LogP contribution in [0.15, 0.2) is 0 Å². The van der Waals surface area contributed by atoms with Gasteiger partial charge in [-0.15, -0.1) is 0 Å². The molecule has 0 unspecified atom stereocenters. The van der Waals surface area contributed by atoms with Gasteiger partial charge in [0.1, 0.15) is 11.7 Å². The van der Waals surface area contributed by atoms with Gasteiger partial charge in [-0.2, -0.15) is 0 Å². The van der Waals surface area contributed by atoms with Crippen molar-refractivity contribution < 1.29 is 29.0 Å². The number of amides is 2. The van der Waals surface area contributed by atoms with Gasteiger partial charge in [-0.05, 0) is 34.9 Å². The molecule has 1 aliphatic rings. The second-order valence-electron chi connectivity index (χ2n) is 6.63. The molecule has 8 heteroatoms. The fourth-order valence-corrected chi connectivity index (χ4v) is 2.52. The number of methoxy groups -OCH3 is 1. The summed E-state index contributed by atoms with van der Waals surface area (Å²) >= 11 is 0. The highest BCUT2D eigenvalue weighted by molar-refractivity contribution is 6.04. The lowest BCUT2D eigenvalue weighted by atomic mass is 9.95. The summed E-state index contributed by atoms with van der Waals surface area (Å²) in [7, 11) is 4.54. The van der Waals surface area contributed by atoms with E-state index in [9.17, 15) is 19.5 Å². The summed E-state index contributed by atoms with van der Waals surface area (Å²) < 4.78 is 9.97. The third-order valence-corrected chi connectivity index (χ3v) is 3.18. The van der Waals surface area contributed by atoms with Crippen LogP contribution in [0, 0.1) is 0 Å². The monoisotopic (exact) mass is 316 g/mol. The van der Waals surface area contributed by atoms with Crippen molar-refractivity contribution in [1.29, 1.82) is 0 Å². The van der Waals surface area contributed by atoms with E-state index in [0.29, 0.717) is 4.90 Å². The lowest BCUT2D eigenvalue weighted by Gasteiger charge is -2.36. The molecule has 22 heavy (non-hydrogen) atoms. The minimum absolute atomic E-state index is 0.0295. The Balaban J connectivity index is 3.29. The molecule has 0 radical (unpaired) electrons. The number of ether oxygens (including phenoxy) is 2. The SMILES string of the molecule is COC(=O)[C@@]1(CN(C)C)C[C@@H](O)C(=O)N1C(=O)OC(C)(C)C. The normalized spacial score (nSPS) is 25.5. The third-order valence-electron chi connectivity index (χ3n) is 3.18. The Hall–Kier alpha value is -1.67. The zero-order valence-corrected chi connectivity index (χ0v) is 13.9. The number of esters is 1.